The number of rotatable bonds is 5. The maximum atomic E-state index is 14.2. The van der Waals surface area contributed by atoms with E-state index in [2.05, 4.69) is 27.0 Å². The van der Waals surface area contributed by atoms with Gasteiger partial charge in [0.2, 0.25) is 5.95 Å². The summed E-state index contributed by atoms with van der Waals surface area (Å²) in [6.07, 6.45) is 5.66. The first-order valence-corrected chi connectivity index (χ1v) is 11.3. The number of nitrogens with zero attached hydrogens (tertiary/aromatic N) is 7. The van der Waals surface area contributed by atoms with Crippen LogP contribution in [0.5, 0.6) is 5.75 Å². The molecule has 2 atom stereocenters. The first kappa shape index (κ1) is 22.3. The second-order valence-corrected chi connectivity index (χ2v) is 9.57. The Hall–Kier alpha value is -3.47. The molecule has 0 amide bonds. The Bertz CT molecular complexity index is 1360. The van der Waals surface area contributed by atoms with Crippen molar-refractivity contribution in [3.05, 3.63) is 36.2 Å². The van der Waals surface area contributed by atoms with E-state index in [1.54, 1.807) is 4.68 Å². The van der Waals surface area contributed by atoms with Crippen molar-refractivity contribution in [1.29, 1.82) is 0 Å². The third-order valence-corrected chi connectivity index (χ3v) is 6.72. The number of nitrogen functional groups attached to an aromatic ring is 1. The topological polar surface area (TPSA) is 120 Å². The molecular weight excluding hydrogens is 439 g/mol. The van der Waals surface area contributed by atoms with Crippen LogP contribution in [0.4, 0.5) is 16.0 Å². The summed E-state index contributed by atoms with van der Waals surface area (Å²) in [5.41, 5.74) is 7.59. The number of anilines is 2. The van der Waals surface area contributed by atoms with Crippen LogP contribution < -0.4 is 15.4 Å². The van der Waals surface area contributed by atoms with Gasteiger partial charge in [-0.15, -0.1) is 5.10 Å². The molecule has 0 spiro atoms. The fourth-order valence-corrected chi connectivity index (χ4v) is 4.56. The van der Waals surface area contributed by atoms with E-state index in [1.807, 2.05) is 26.2 Å². The van der Waals surface area contributed by atoms with Gasteiger partial charge in [-0.3, -0.25) is 4.68 Å². The molecule has 0 bridgehead atoms. The molecule has 1 aliphatic rings. The molecule has 1 aromatic carbocycles. The molecule has 3 aromatic heterocycles. The van der Waals surface area contributed by atoms with Gasteiger partial charge in [-0.1, -0.05) is 0 Å². The predicted molar refractivity (Wildman–Crippen MR) is 127 cm³/mol. The van der Waals surface area contributed by atoms with Gasteiger partial charge in [-0.05, 0) is 39.7 Å². The molecule has 34 heavy (non-hydrogen) atoms. The third-order valence-electron chi connectivity index (χ3n) is 6.72. The number of benzene rings is 1. The van der Waals surface area contributed by atoms with Gasteiger partial charge in [0.15, 0.2) is 11.5 Å². The van der Waals surface area contributed by atoms with E-state index in [9.17, 15) is 9.50 Å². The minimum atomic E-state index is -0.484. The average Bonchev–Trinajstić information content (AvgIpc) is 3.48. The summed E-state index contributed by atoms with van der Waals surface area (Å²) in [7, 11) is 1.47. The van der Waals surface area contributed by atoms with Crippen LogP contribution in [-0.4, -0.2) is 60.8 Å². The van der Waals surface area contributed by atoms with Crippen LogP contribution in [0, 0.1) is 5.82 Å². The number of methoxy groups -OCH3 is 1. The molecule has 0 saturated carbocycles. The number of halogens is 1. The zero-order valence-corrected chi connectivity index (χ0v) is 19.7. The Labute approximate surface area is 196 Å². The lowest BCUT2D eigenvalue weighted by Gasteiger charge is -2.38. The summed E-state index contributed by atoms with van der Waals surface area (Å²) in [5.74, 6) is 0.719. The number of fused-ring (bicyclic) bond motifs is 3. The lowest BCUT2D eigenvalue weighted by molar-refractivity contribution is 0.152. The number of nitrogens with two attached hydrogens (primary N) is 1. The summed E-state index contributed by atoms with van der Waals surface area (Å²) >= 11 is 0. The van der Waals surface area contributed by atoms with E-state index < -0.39 is 11.4 Å². The summed E-state index contributed by atoms with van der Waals surface area (Å²) in [4.78, 5) is 11.5. The highest BCUT2D eigenvalue weighted by Gasteiger charge is 2.31. The lowest BCUT2D eigenvalue weighted by atomic mass is 9.92. The summed E-state index contributed by atoms with van der Waals surface area (Å²) < 4.78 is 22.8. The molecule has 3 N–H and O–H groups in total. The molecule has 11 heteroatoms. The molecular formula is C23H29FN8O2. The highest BCUT2D eigenvalue weighted by molar-refractivity contribution is 5.95. The largest absolute Gasteiger partial charge is 0.494 e. The number of ether oxygens (including phenoxy) is 1. The summed E-state index contributed by atoms with van der Waals surface area (Å²) in [6.45, 7) is 6.76. The molecule has 4 aromatic rings. The molecule has 10 nitrogen and oxygen atoms in total. The minimum Gasteiger partial charge on any atom is -0.494 e. The van der Waals surface area contributed by atoms with Gasteiger partial charge in [-0.2, -0.15) is 9.61 Å². The Morgan fingerprint density at radius 3 is 2.79 bits per heavy atom. The van der Waals surface area contributed by atoms with Gasteiger partial charge in [-0.25, -0.2) is 14.4 Å². The van der Waals surface area contributed by atoms with E-state index in [-0.39, 0.29) is 18.5 Å². The van der Waals surface area contributed by atoms with Crippen molar-refractivity contribution >= 4 is 28.2 Å². The molecule has 1 fully saturated rings. The Balaban J connectivity index is 1.52. The fraction of sp³-hybridized carbons (Fsp3) is 0.478. The van der Waals surface area contributed by atoms with Crippen LogP contribution in [0.25, 0.3) is 16.6 Å². The van der Waals surface area contributed by atoms with Crippen LogP contribution in [0.15, 0.2) is 24.5 Å². The number of aliphatic hydroxyl groups is 1. The van der Waals surface area contributed by atoms with Crippen LogP contribution in [0.2, 0.25) is 0 Å². The number of aliphatic hydroxyl groups excluding tert-OH is 1. The second kappa shape index (κ2) is 8.08. The van der Waals surface area contributed by atoms with Crippen LogP contribution in [0.1, 0.15) is 45.4 Å². The monoisotopic (exact) mass is 468 g/mol. The number of piperidine rings is 1. The van der Waals surface area contributed by atoms with Gasteiger partial charge in [0, 0.05) is 30.8 Å². The van der Waals surface area contributed by atoms with Crippen molar-refractivity contribution < 1.29 is 14.2 Å². The fourth-order valence-electron chi connectivity index (χ4n) is 4.56. The van der Waals surface area contributed by atoms with Crippen LogP contribution in [0.3, 0.4) is 0 Å². The van der Waals surface area contributed by atoms with Crippen molar-refractivity contribution in [2.24, 2.45) is 0 Å². The van der Waals surface area contributed by atoms with Crippen LogP contribution >= 0.6 is 0 Å². The minimum absolute atomic E-state index is 0.00768. The quantitative estimate of drug-likeness (QED) is 0.459. The number of hydrogen-bond donors (Lipinski definition) is 2. The maximum Gasteiger partial charge on any atom is 0.223 e. The molecule has 0 unspecified atom stereocenters. The Morgan fingerprint density at radius 1 is 1.26 bits per heavy atom. The van der Waals surface area contributed by atoms with Crippen molar-refractivity contribution in [3.8, 4) is 5.75 Å². The number of hydrogen-bond acceptors (Lipinski definition) is 8. The normalized spacial score (nSPS) is 19.3. The molecule has 0 radical (unpaired) electrons. The zero-order valence-electron chi connectivity index (χ0n) is 19.7. The molecule has 1 saturated heterocycles. The van der Waals surface area contributed by atoms with Crippen molar-refractivity contribution in [2.45, 2.75) is 51.1 Å². The van der Waals surface area contributed by atoms with E-state index in [4.69, 9.17) is 15.5 Å². The van der Waals surface area contributed by atoms with Gasteiger partial charge in [0.05, 0.1) is 36.5 Å². The molecule has 0 aliphatic carbocycles. The Kier molecular flexibility index (Phi) is 5.31. The highest BCUT2D eigenvalue weighted by atomic mass is 19.1. The third kappa shape index (κ3) is 3.60. The molecule has 5 rings (SSSR count). The summed E-state index contributed by atoms with van der Waals surface area (Å²) in [5, 5.41) is 19.3. The average molecular weight is 469 g/mol. The van der Waals surface area contributed by atoms with E-state index in [0.29, 0.717) is 40.7 Å². The molecule has 4 heterocycles. The smallest absolute Gasteiger partial charge is 0.223 e. The first-order valence-electron chi connectivity index (χ1n) is 11.3. The van der Waals surface area contributed by atoms with Gasteiger partial charge in [0.25, 0.3) is 0 Å². The van der Waals surface area contributed by atoms with Crippen LogP contribution in [-0.2, 0) is 5.54 Å². The van der Waals surface area contributed by atoms with Crippen molar-refractivity contribution in [2.75, 3.05) is 30.9 Å². The van der Waals surface area contributed by atoms with Gasteiger partial charge >= 0.3 is 0 Å². The standard InChI is InChI=1S/C23H29FN8O2/c1-13-5-6-14(10-30(13)16-9-26-31(11-16)23(2,3)12-33)20-28-21-17-7-15(24)8-18(34-4)19(17)27-22(25)32(21)29-20/h7-9,11,13-14,33H,5-6,10,12H2,1-4H3,(H2,25,27)/t13-,14+/m1/s1. The SMILES string of the molecule is COc1cc(F)cc2c1nc(N)n1nc([C@H]3CC[C@@H](C)N(c4cnn(C(C)(C)CO)c4)C3)nc21. The number of aromatic nitrogens is 6. The highest BCUT2D eigenvalue weighted by Crippen LogP contribution is 2.34. The van der Waals surface area contributed by atoms with E-state index >= 15 is 0 Å². The van der Waals surface area contributed by atoms with Gasteiger partial charge in [0.1, 0.15) is 17.1 Å². The van der Waals surface area contributed by atoms with Gasteiger partial charge < -0.3 is 20.5 Å². The van der Waals surface area contributed by atoms with E-state index in [1.165, 1.54) is 23.8 Å². The van der Waals surface area contributed by atoms with Crippen molar-refractivity contribution in [3.63, 3.8) is 0 Å². The summed E-state index contributed by atoms with van der Waals surface area (Å²) in [6, 6.07) is 2.97. The first-order chi connectivity index (χ1) is 16.2. The molecule has 180 valence electrons. The zero-order chi connectivity index (χ0) is 24.2. The maximum absolute atomic E-state index is 14.2. The molecule has 1 aliphatic heterocycles. The van der Waals surface area contributed by atoms with E-state index in [0.717, 1.165) is 18.5 Å². The lowest BCUT2D eigenvalue weighted by Crippen LogP contribution is -2.41. The Morgan fingerprint density at radius 2 is 2.06 bits per heavy atom. The van der Waals surface area contributed by atoms with Crippen molar-refractivity contribution in [1.82, 2.24) is 29.4 Å². The predicted octanol–water partition coefficient (Wildman–Crippen LogP) is 2.70. The second-order valence-electron chi connectivity index (χ2n) is 9.57.